The van der Waals surface area contributed by atoms with Crippen molar-refractivity contribution in [3.05, 3.63) is 46.6 Å². The summed E-state index contributed by atoms with van der Waals surface area (Å²) < 4.78 is 32.1. The van der Waals surface area contributed by atoms with Gasteiger partial charge in [-0.25, -0.2) is 4.79 Å². The molecular weight excluding hydrogens is 392 g/mol. The van der Waals surface area contributed by atoms with Gasteiger partial charge < -0.3 is 28.1 Å². The molecule has 0 aliphatic heterocycles. The van der Waals surface area contributed by atoms with Gasteiger partial charge in [-0.1, -0.05) is 0 Å². The van der Waals surface area contributed by atoms with E-state index < -0.39 is 12.1 Å². The molecular formula is C22H22O8. The van der Waals surface area contributed by atoms with Crippen molar-refractivity contribution in [1.29, 1.82) is 0 Å². The average molecular weight is 414 g/mol. The number of fused-ring (bicyclic) bond motifs is 1. The van der Waals surface area contributed by atoms with Crippen molar-refractivity contribution < 1.29 is 32.9 Å². The number of benzene rings is 2. The molecule has 0 N–H and O–H groups in total. The number of carbonyl (C=O) groups is 1. The van der Waals surface area contributed by atoms with E-state index in [-0.39, 0.29) is 5.43 Å². The van der Waals surface area contributed by atoms with Gasteiger partial charge in [-0.15, -0.1) is 0 Å². The summed E-state index contributed by atoms with van der Waals surface area (Å²) in [5.41, 5.74) is 0.684. The summed E-state index contributed by atoms with van der Waals surface area (Å²) in [5, 5.41) is 0.320. The minimum atomic E-state index is -0.807. The predicted molar refractivity (Wildman–Crippen MR) is 110 cm³/mol. The van der Waals surface area contributed by atoms with E-state index >= 15 is 0 Å². The number of hydrogen-bond acceptors (Lipinski definition) is 8. The van der Waals surface area contributed by atoms with Gasteiger partial charge in [-0.05, 0) is 37.3 Å². The Morgan fingerprint density at radius 1 is 0.933 bits per heavy atom. The summed E-state index contributed by atoms with van der Waals surface area (Å²) in [6, 6.07) is 9.51. The highest BCUT2D eigenvalue weighted by Crippen LogP contribution is 2.41. The first-order chi connectivity index (χ1) is 14.4. The van der Waals surface area contributed by atoms with Gasteiger partial charge in [-0.2, -0.15) is 0 Å². The van der Waals surface area contributed by atoms with Gasteiger partial charge in [0, 0.05) is 11.6 Å². The molecule has 8 heteroatoms. The van der Waals surface area contributed by atoms with Crippen LogP contribution in [0.4, 0.5) is 0 Å². The molecule has 0 radical (unpaired) electrons. The van der Waals surface area contributed by atoms with Gasteiger partial charge in [-0.3, -0.25) is 4.79 Å². The topological polar surface area (TPSA) is 93.4 Å². The van der Waals surface area contributed by atoms with Crippen molar-refractivity contribution in [1.82, 2.24) is 0 Å². The Hall–Kier alpha value is -3.68. The second-order valence-electron chi connectivity index (χ2n) is 6.33. The number of carbonyl (C=O) groups excluding carboxylic acids is 1. The molecule has 3 rings (SSSR count). The average Bonchev–Trinajstić information content (AvgIpc) is 2.77. The molecule has 8 nitrogen and oxygen atoms in total. The molecule has 1 unspecified atom stereocenters. The molecule has 1 heterocycles. The SMILES string of the molecule is COC(=O)C(C)Oc1ccc2oc(-c3cc(OC)c(OC)c(OC)c3)cc(=O)c2c1. The van der Waals surface area contributed by atoms with Crippen LogP contribution >= 0.6 is 0 Å². The highest BCUT2D eigenvalue weighted by atomic mass is 16.6. The summed E-state index contributed by atoms with van der Waals surface area (Å²) in [4.78, 5) is 24.3. The maximum Gasteiger partial charge on any atom is 0.346 e. The molecule has 0 saturated carbocycles. The summed E-state index contributed by atoms with van der Waals surface area (Å²) in [6.07, 6.45) is -0.807. The molecule has 0 aliphatic rings. The van der Waals surface area contributed by atoms with Crippen LogP contribution in [0.15, 0.2) is 45.6 Å². The lowest BCUT2D eigenvalue weighted by Crippen LogP contribution is -2.24. The fourth-order valence-electron chi connectivity index (χ4n) is 2.99. The summed E-state index contributed by atoms with van der Waals surface area (Å²) >= 11 is 0. The van der Waals surface area contributed by atoms with Crippen LogP contribution in [0.3, 0.4) is 0 Å². The van der Waals surface area contributed by atoms with Crippen LogP contribution in [0.25, 0.3) is 22.3 Å². The summed E-state index contributed by atoms with van der Waals surface area (Å²) in [7, 11) is 5.81. The largest absolute Gasteiger partial charge is 0.493 e. The van der Waals surface area contributed by atoms with Gasteiger partial charge in [0.05, 0.1) is 33.8 Å². The monoisotopic (exact) mass is 414 g/mol. The van der Waals surface area contributed by atoms with E-state index in [1.807, 2.05) is 0 Å². The van der Waals surface area contributed by atoms with Crippen molar-refractivity contribution in [2.75, 3.05) is 28.4 Å². The molecule has 3 aromatic rings. The number of methoxy groups -OCH3 is 4. The lowest BCUT2D eigenvalue weighted by molar-refractivity contribution is -0.147. The summed E-state index contributed by atoms with van der Waals surface area (Å²) in [6.45, 7) is 1.56. The fourth-order valence-corrected chi connectivity index (χ4v) is 2.99. The molecule has 1 atom stereocenters. The first kappa shape index (κ1) is 21.0. The molecule has 0 bridgehead atoms. The van der Waals surface area contributed by atoms with E-state index in [4.69, 9.17) is 23.4 Å². The van der Waals surface area contributed by atoms with Crippen LogP contribution in [-0.4, -0.2) is 40.5 Å². The van der Waals surface area contributed by atoms with Crippen LogP contribution in [0, 0.1) is 0 Å². The second kappa shape index (κ2) is 8.77. The van der Waals surface area contributed by atoms with E-state index in [0.29, 0.717) is 45.3 Å². The van der Waals surface area contributed by atoms with E-state index in [9.17, 15) is 9.59 Å². The zero-order valence-corrected chi connectivity index (χ0v) is 17.3. The molecule has 2 aromatic carbocycles. The van der Waals surface area contributed by atoms with Crippen molar-refractivity contribution in [3.8, 4) is 34.3 Å². The van der Waals surface area contributed by atoms with Crippen molar-refractivity contribution >= 4 is 16.9 Å². The summed E-state index contributed by atoms with van der Waals surface area (Å²) in [5.74, 6) is 1.50. The Morgan fingerprint density at radius 3 is 2.17 bits per heavy atom. The standard InChI is InChI=1S/C22H22O8/c1-12(22(24)28-5)29-14-6-7-17-15(10-14)16(23)11-18(30-17)13-8-19(25-2)21(27-4)20(9-13)26-3/h6-12H,1-5H3. The highest BCUT2D eigenvalue weighted by Gasteiger charge is 2.18. The van der Waals surface area contributed by atoms with Crippen LogP contribution < -0.4 is 24.4 Å². The Bertz CT molecular complexity index is 1110. The second-order valence-corrected chi connectivity index (χ2v) is 6.33. The third-order valence-corrected chi connectivity index (χ3v) is 4.49. The Balaban J connectivity index is 2.05. The van der Waals surface area contributed by atoms with Gasteiger partial charge in [0.15, 0.2) is 23.0 Å². The quantitative estimate of drug-likeness (QED) is 0.543. The van der Waals surface area contributed by atoms with Crippen molar-refractivity contribution in [3.63, 3.8) is 0 Å². The fraction of sp³-hybridized carbons (Fsp3) is 0.273. The first-order valence-electron chi connectivity index (χ1n) is 9.04. The van der Waals surface area contributed by atoms with Crippen molar-refractivity contribution in [2.45, 2.75) is 13.0 Å². The van der Waals surface area contributed by atoms with E-state index in [2.05, 4.69) is 4.74 Å². The first-order valence-corrected chi connectivity index (χ1v) is 9.04. The van der Waals surface area contributed by atoms with Gasteiger partial charge >= 0.3 is 5.97 Å². The van der Waals surface area contributed by atoms with Gasteiger partial charge in [0.25, 0.3) is 0 Å². The maximum absolute atomic E-state index is 12.7. The minimum Gasteiger partial charge on any atom is -0.493 e. The number of esters is 1. The normalized spacial score (nSPS) is 11.6. The smallest absolute Gasteiger partial charge is 0.346 e. The number of hydrogen-bond donors (Lipinski definition) is 0. The van der Waals surface area contributed by atoms with Crippen LogP contribution in [0.1, 0.15) is 6.92 Å². The lowest BCUT2D eigenvalue weighted by atomic mass is 10.1. The van der Waals surface area contributed by atoms with E-state index in [0.717, 1.165) is 0 Å². The zero-order chi connectivity index (χ0) is 21.8. The number of ether oxygens (including phenoxy) is 5. The molecule has 0 amide bonds. The zero-order valence-electron chi connectivity index (χ0n) is 17.3. The molecule has 1 aromatic heterocycles. The van der Waals surface area contributed by atoms with Gasteiger partial charge in [0.2, 0.25) is 5.75 Å². The van der Waals surface area contributed by atoms with Crippen LogP contribution in [0.5, 0.6) is 23.0 Å². The van der Waals surface area contributed by atoms with Crippen LogP contribution in [-0.2, 0) is 9.53 Å². The van der Waals surface area contributed by atoms with Crippen molar-refractivity contribution in [2.24, 2.45) is 0 Å². The van der Waals surface area contributed by atoms with E-state index in [1.165, 1.54) is 40.6 Å². The molecule has 0 saturated heterocycles. The Labute approximate surface area is 172 Å². The highest BCUT2D eigenvalue weighted by molar-refractivity contribution is 5.81. The third-order valence-electron chi connectivity index (χ3n) is 4.49. The molecule has 0 aliphatic carbocycles. The Morgan fingerprint density at radius 2 is 1.60 bits per heavy atom. The van der Waals surface area contributed by atoms with Gasteiger partial charge in [0.1, 0.15) is 17.1 Å². The van der Waals surface area contributed by atoms with E-state index in [1.54, 1.807) is 31.2 Å². The van der Waals surface area contributed by atoms with Crippen LogP contribution in [0.2, 0.25) is 0 Å². The predicted octanol–water partition coefficient (Wildman–Crippen LogP) is 3.43. The Kier molecular flexibility index (Phi) is 6.15. The molecule has 158 valence electrons. The molecule has 0 spiro atoms. The molecule has 0 fully saturated rings. The maximum atomic E-state index is 12.7. The number of rotatable bonds is 7. The lowest BCUT2D eigenvalue weighted by Gasteiger charge is -2.14. The third kappa shape index (κ3) is 4.03. The minimum absolute atomic E-state index is 0.267. The molecule has 30 heavy (non-hydrogen) atoms.